The number of pyridine rings is 1. The summed E-state index contributed by atoms with van der Waals surface area (Å²) >= 11 is 0. The molecule has 8 nitrogen and oxygen atoms in total. The van der Waals surface area contributed by atoms with Crippen LogP contribution in [0.2, 0.25) is 0 Å². The van der Waals surface area contributed by atoms with Crippen LogP contribution in [0.25, 0.3) is 11.1 Å². The molecule has 0 radical (unpaired) electrons. The smallest absolute Gasteiger partial charge is 0.253 e. The number of fused-ring (bicyclic) bond motifs is 1. The van der Waals surface area contributed by atoms with Gasteiger partial charge < -0.3 is 9.30 Å². The van der Waals surface area contributed by atoms with Crippen molar-refractivity contribution in [3.8, 4) is 22.9 Å². The van der Waals surface area contributed by atoms with E-state index >= 15 is 0 Å². The molecule has 1 aliphatic carbocycles. The lowest BCUT2D eigenvalue weighted by molar-refractivity contribution is -0.104. The lowest BCUT2D eigenvalue weighted by Gasteiger charge is -2.37. The fraction of sp³-hybridized carbons (Fsp3) is 0.488. The normalized spacial score (nSPS) is 18.9. The van der Waals surface area contributed by atoms with Crippen LogP contribution in [0.3, 0.4) is 0 Å². The largest absolute Gasteiger partial charge is 0.496 e. The highest BCUT2D eigenvalue weighted by Crippen LogP contribution is 2.34. The fourth-order valence-electron chi connectivity index (χ4n) is 7.34. The Morgan fingerprint density at radius 1 is 1.00 bits per heavy atom. The fourth-order valence-corrected chi connectivity index (χ4v) is 7.34. The number of aromatic nitrogens is 1. The average molecular weight is 664 g/mol. The summed E-state index contributed by atoms with van der Waals surface area (Å²) in [5.41, 5.74) is 11.4. The topological polar surface area (TPSA) is 81.8 Å². The van der Waals surface area contributed by atoms with Crippen molar-refractivity contribution in [3.63, 3.8) is 0 Å². The Morgan fingerprint density at radius 2 is 1.69 bits per heavy atom. The van der Waals surface area contributed by atoms with Gasteiger partial charge in [0.2, 0.25) is 0 Å². The Labute approximate surface area is 292 Å². The van der Waals surface area contributed by atoms with Gasteiger partial charge in [-0.05, 0) is 99.4 Å². The van der Waals surface area contributed by atoms with Gasteiger partial charge in [0.05, 0.1) is 12.7 Å². The molecule has 2 aromatic carbocycles. The number of nitriles is 1. The molecule has 2 fully saturated rings. The molecule has 0 bridgehead atoms. The van der Waals surface area contributed by atoms with Crippen molar-refractivity contribution in [1.82, 2.24) is 19.3 Å². The monoisotopic (exact) mass is 663 g/mol. The average Bonchev–Trinajstić information content (AvgIpc) is 3.09. The third kappa shape index (κ3) is 8.24. The second-order valence-electron chi connectivity index (χ2n) is 14.2. The van der Waals surface area contributed by atoms with Crippen molar-refractivity contribution < 1.29 is 9.53 Å². The molecule has 1 atom stereocenters. The summed E-state index contributed by atoms with van der Waals surface area (Å²) in [5.74, 6) is 1.42. The number of methoxy groups -OCH3 is 1. The minimum atomic E-state index is 0.0602. The molecule has 1 unspecified atom stereocenters. The molecule has 1 aromatic heterocycles. The van der Waals surface area contributed by atoms with Crippen LogP contribution in [0.1, 0.15) is 71.2 Å². The molecule has 49 heavy (non-hydrogen) atoms. The Kier molecular flexibility index (Phi) is 11.9. The van der Waals surface area contributed by atoms with E-state index in [-0.39, 0.29) is 11.1 Å². The van der Waals surface area contributed by atoms with Gasteiger partial charge >= 0.3 is 0 Å². The number of carbonyl (C=O) groups is 1. The lowest BCUT2D eigenvalue weighted by atomic mass is 9.84. The quantitative estimate of drug-likeness (QED) is 0.159. The van der Waals surface area contributed by atoms with Crippen molar-refractivity contribution in [1.29, 1.82) is 5.26 Å². The second-order valence-corrected chi connectivity index (χ2v) is 14.2. The summed E-state index contributed by atoms with van der Waals surface area (Å²) in [6.45, 7) is 15.8. The maximum absolute atomic E-state index is 12.4. The minimum absolute atomic E-state index is 0.0602. The van der Waals surface area contributed by atoms with Crippen LogP contribution in [0.15, 0.2) is 53.0 Å². The van der Waals surface area contributed by atoms with Crippen LogP contribution in [0, 0.1) is 38.0 Å². The van der Waals surface area contributed by atoms with Gasteiger partial charge in [-0.15, -0.1) is 0 Å². The van der Waals surface area contributed by atoms with E-state index in [1.807, 2.05) is 33.2 Å². The molecule has 3 heterocycles. The van der Waals surface area contributed by atoms with E-state index < -0.39 is 0 Å². The van der Waals surface area contributed by atoms with Gasteiger partial charge in [-0.2, -0.15) is 5.26 Å². The van der Waals surface area contributed by atoms with Crippen LogP contribution >= 0.6 is 0 Å². The Balaban J connectivity index is 0.000000402. The van der Waals surface area contributed by atoms with Gasteiger partial charge in [-0.1, -0.05) is 36.8 Å². The number of aryl methyl sites for hydroxylation is 2. The highest BCUT2D eigenvalue weighted by molar-refractivity contribution is 5.78. The summed E-state index contributed by atoms with van der Waals surface area (Å²) in [4.78, 5) is 30.1. The maximum Gasteiger partial charge on any atom is 0.253 e. The Hall–Kier alpha value is -4.03. The molecule has 2 aliphatic heterocycles. The zero-order chi connectivity index (χ0) is 35.2. The van der Waals surface area contributed by atoms with Gasteiger partial charge in [0.1, 0.15) is 11.8 Å². The van der Waals surface area contributed by atoms with Crippen molar-refractivity contribution in [2.75, 3.05) is 46.9 Å². The van der Waals surface area contributed by atoms with E-state index in [2.05, 4.69) is 65.9 Å². The standard InChI is InChI=1S/C33H44N4O2.C8H9NO/c1-22-17-27(31-20-35(6)33(38)24(3)23(31)2)18-32(39-7)30(22)21-37-15-13-36(14-16-37)19-26-9-8-10-28-25(4)34(5)12-11-29(26)28;9-5-8(6-10)4-7-2-1-3-7/h8-10,17-18,20,25H,11-16,19,21H2,1-7H3;4,6-7H,1-3H2/b;8-4+. The molecular formula is C41H53N5O3. The molecule has 6 rings (SSSR count). The van der Waals surface area contributed by atoms with Crippen molar-refractivity contribution in [2.45, 2.75) is 72.5 Å². The number of piperazine rings is 1. The van der Waals surface area contributed by atoms with Crippen LogP contribution in [-0.2, 0) is 31.4 Å². The highest BCUT2D eigenvalue weighted by Gasteiger charge is 2.25. The molecule has 3 aliphatic rings. The number of hydrogen-bond acceptors (Lipinski definition) is 7. The lowest BCUT2D eigenvalue weighted by Crippen LogP contribution is -2.45. The Bertz CT molecular complexity index is 1790. The summed E-state index contributed by atoms with van der Waals surface area (Å²) in [5, 5.41) is 8.34. The van der Waals surface area contributed by atoms with E-state index in [1.165, 1.54) is 28.7 Å². The first-order valence-corrected chi connectivity index (χ1v) is 17.7. The highest BCUT2D eigenvalue weighted by atomic mass is 16.5. The summed E-state index contributed by atoms with van der Waals surface area (Å²) < 4.78 is 7.59. The third-order valence-electron chi connectivity index (χ3n) is 11.1. The van der Waals surface area contributed by atoms with Crippen LogP contribution in [0.4, 0.5) is 0 Å². The van der Waals surface area contributed by atoms with Gasteiger partial charge in [-0.3, -0.25) is 24.3 Å². The van der Waals surface area contributed by atoms with E-state index in [9.17, 15) is 9.59 Å². The van der Waals surface area contributed by atoms with Gasteiger partial charge in [0, 0.05) is 81.8 Å². The summed E-state index contributed by atoms with van der Waals surface area (Å²) in [7, 11) is 5.82. The number of allylic oxidation sites excluding steroid dienone is 2. The number of ether oxygens (including phenoxy) is 1. The van der Waals surface area contributed by atoms with Gasteiger partial charge in [-0.25, -0.2) is 0 Å². The molecule has 0 N–H and O–H groups in total. The van der Waals surface area contributed by atoms with E-state index in [1.54, 1.807) is 23.3 Å². The molecule has 1 saturated heterocycles. The van der Waals surface area contributed by atoms with Crippen LogP contribution in [0.5, 0.6) is 5.75 Å². The number of rotatable bonds is 8. The maximum atomic E-state index is 12.4. The molecule has 1 saturated carbocycles. The number of aldehydes is 1. The van der Waals surface area contributed by atoms with E-state index in [0.29, 0.717) is 18.2 Å². The second kappa shape index (κ2) is 16.1. The van der Waals surface area contributed by atoms with Crippen molar-refractivity contribution in [3.05, 3.63) is 97.5 Å². The molecular weight excluding hydrogens is 610 g/mol. The number of carbonyl (C=O) groups excluding carboxylic acids is 1. The first-order valence-electron chi connectivity index (χ1n) is 17.7. The Morgan fingerprint density at radius 3 is 2.31 bits per heavy atom. The number of likely N-dealkylation sites (N-methyl/N-ethyl adjacent to an activating group) is 1. The van der Waals surface area contributed by atoms with E-state index in [4.69, 9.17) is 10.00 Å². The molecule has 3 aromatic rings. The molecule has 0 spiro atoms. The van der Waals surface area contributed by atoms with Gasteiger partial charge in [0.15, 0.2) is 6.29 Å². The SMILES string of the molecule is COc1cc(-c2cn(C)c(=O)c(C)c2C)cc(C)c1CN1CCN(Cc2cccc3c2CCN(C)C3C)CC1.N#C/C(C=O)=C\C1CCC1. The molecule has 0 amide bonds. The minimum Gasteiger partial charge on any atom is -0.496 e. The number of hydrogen-bond donors (Lipinski definition) is 0. The van der Waals surface area contributed by atoms with Crippen molar-refractivity contribution >= 4 is 6.29 Å². The summed E-state index contributed by atoms with van der Waals surface area (Å²) in [6.07, 6.45) is 9.01. The van der Waals surface area contributed by atoms with Crippen molar-refractivity contribution in [2.24, 2.45) is 13.0 Å². The first-order chi connectivity index (χ1) is 23.5. The van der Waals surface area contributed by atoms with Crippen LogP contribution < -0.4 is 10.3 Å². The zero-order valence-electron chi connectivity index (χ0n) is 30.5. The van der Waals surface area contributed by atoms with Crippen LogP contribution in [-0.4, -0.2) is 72.4 Å². The predicted molar refractivity (Wildman–Crippen MR) is 197 cm³/mol. The van der Waals surface area contributed by atoms with Gasteiger partial charge in [0.25, 0.3) is 5.56 Å². The predicted octanol–water partition coefficient (Wildman–Crippen LogP) is 6.29. The molecule has 260 valence electrons. The number of nitrogens with zero attached hydrogens (tertiary/aromatic N) is 5. The molecule has 8 heteroatoms. The zero-order valence-corrected chi connectivity index (χ0v) is 30.5. The summed E-state index contributed by atoms with van der Waals surface area (Å²) in [6, 6.07) is 13.6. The third-order valence-corrected chi connectivity index (χ3v) is 11.1. The first kappa shape index (κ1) is 36.3. The van der Waals surface area contributed by atoms with E-state index in [0.717, 1.165) is 93.1 Å². The number of benzene rings is 2.